The van der Waals surface area contributed by atoms with Gasteiger partial charge in [-0.1, -0.05) is 19.8 Å². The summed E-state index contributed by atoms with van der Waals surface area (Å²) in [5, 5.41) is 9.26. The van der Waals surface area contributed by atoms with Crippen molar-refractivity contribution >= 4 is 0 Å². The number of rotatable bonds is 3. The van der Waals surface area contributed by atoms with Gasteiger partial charge < -0.3 is 5.11 Å². The molecule has 0 unspecified atom stereocenters. The second-order valence-electron chi connectivity index (χ2n) is 2.83. The maximum Gasteiger partial charge on any atom is 0.0650 e. The standard InChI is InChI=1S/C7H14O/c1-2-3-4-7(8)5-6-7/h8H,2-6H2,1H3. The molecule has 1 nitrogen and oxygen atoms in total. The zero-order valence-electron chi connectivity index (χ0n) is 5.48. The minimum atomic E-state index is -0.198. The van der Waals surface area contributed by atoms with Crippen molar-refractivity contribution in [3.8, 4) is 0 Å². The van der Waals surface area contributed by atoms with Crippen LogP contribution in [0.4, 0.5) is 0 Å². The van der Waals surface area contributed by atoms with Gasteiger partial charge in [0.05, 0.1) is 5.60 Å². The molecule has 1 N–H and O–H groups in total. The lowest BCUT2D eigenvalue weighted by molar-refractivity contribution is 0.137. The number of aliphatic hydroxyl groups is 1. The lowest BCUT2D eigenvalue weighted by Crippen LogP contribution is -2.04. The van der Waals surface area contributed by atoms with Gasteiger partial charge in [0, 0.05) is 0 Å². The first-order valence-corrected chi connectivity index (χ1v) is 3.49. The van der Waals surface area contributed by atoms with E-state index < -0.39 is 0 Å². The first-order chi connectivity index (χ1) is 3.77. The SMILES string of the molecule is CCCCC1(O)CC1. The molecule has 0 radical (unpaired) electrons. The van der Waals surface area contributed by atoms with Crippen LogP contribution in [-0.2, 0) is 0 Å². The molecule has 0 heterocycles. The number of hydrogen-bond acceptors (Lipinski definition) is 1. The van der Waals surface area contributed by atoms with Crippen LogP contribution in [0, 0.1) is 0 Å². The summed E-state index contributed by atoms with van der Waals surface area (Å²) in [5.74, 6) is 0. The molecule has 0 saturated heterocycles. The van der Waals surface area contributed by atoms with E-state index in [1.807, 2.05) is 0 Å². The van der Waals surface area contributed by atoms with Crippen molar-refractivity contribution in [2.24, 2.45) is 0 Å². The zero-order chi connectivity index (χ0) is 6.04. The highest BCUT2D eigenvalue weighted by molar-refractivity contribution is 4.92. The minimum absolute atomic E-state index is 0.198. The van der Waals surface area contributed by atoms with E-state index in [9.17, 15) is 5.11 Å². The zero-order valence-corrected chi connectivity index (χ0v) is 5.48. The van der Waals surface area contributed by atoms with Crippen molar-refractivity contribution in [3.63, 3.8) is 0 Å². The van der Waals surface area contributed by atoms with E-state index in [1.54, 1.807) is 0 Å². The van der Waals surface area contributed by atoms with Crippen LogP contribution < -0.4 is 0 Å². The minimum Gasteiger partial charge on any atom is -0.390 e. The largest absolute Gasteiger partial charge is 0.390 e. The summed E-state index contributed by atoms with van der Waals surface area (Å²) >= 11 is 0. The molecule has 0 spiro atoms. The van der Waals surface area contributed by atoms with Gasteiger partial charge in [0.2, 0.25) is 0 Å². The molecule has 8 heavy (non-hydrogen) atoms. The van der Waals surface area contributed by atoms with Crippen LogP contribution >= 0.6 is 0 Å². The average molecular weight is 114 g/mol. The quantitative estimate of drug-likeness (QED) is 0.592. The van der Waals surface area contributed by atoms with Crippen LogP contribution in [-0.4, -0.2) is 10.7 Å². The molecule has 1 aliphatic carbocycles. The Kier molecular flexibility index (Phi) is 1.57. The fourth-order valence-corrected chi connectivity index (χ4v) is 0.900. The molecular formula is C7H14O. The third-order valence-corrected chi connectivity index (χ3v) is 1.82. The highest BCUT2D eigenvalue weighted by Crippen LogP contribution is 2.39. The van der Waals surface area contributed by atoms with Gasteiger partial charge in [0.15, 0.2) is 0 Å². The predicted molar refractivity (Wildman–Crippen MR) is 33.7 cm³/mol. The molecule has 0 aromatic heterocycles. The van der Waals surface area contributed by atoms with Crippen LogP contribution in [0.25, 0.3) is 0 Å². The summed E-state index contributed by atoms with van der Waals surface area (Å²) in [7, 11) is 0. The normalized spacial score (nSPS) is 23.2. The second kappa shape index (κ2) is 2.06. The van der Waals surface area contributed by atoms with Gasteiger partial charge in [-0.15, -0.1) is 0 Å². The number of unbranched alkanes of at least 4 members (excludes halogenated alkanes) is 1. The molecule has 1 saturated carbocycles. The van der Waals surface area contributed by atoms with E-state index in [0.29, 0.717) is 0 Å². The van der Waals surface area contributed by atoms with Gasteiger partial charge in [0.25, 0.3) is 0 Å². The Bertz CT molecular complexity index is 74.5. The summed E-state index contributed by atoms with van der Waals surface area (Å²) in [4.78, 5) is 0. The number of hydrogen-bond donors (Lipinski definition) is 1. The van der Waals surface area contributed by atoms with E-state index in [1.165, 1.54) is 12.8 Å². The second-order valence-corrected chi connectivity index (χ2v) is 2.83. The molecule has 1 fully saturated rings. The Morgan fingerprint density at radius 2 is 2.12 bits per heavy atom. The monoisotopic (exact) mass is 114 g/mol. The lowest BCUT2D eigenvalue weighted by atomic mass is 10.1. The van der Waals surface area contributed by atoms with Crippen LogP contribution in [0.1, 0.15) is 39.0 Å². The van der Waals surface area contributed by atoms with Gasteiger partial charge in [-0.2, -0.15) is 0 Å². The maximum atomic E-state index is 9.26. The molecule has 0 bridgehead atoms. The summed E-state index contributed by atoms with van der Waals surface area (Å²) in [6.07, 6.45) is 5.53. The Hall–Kier alpha value is -0.0400. The topological polar surface area (TPSA) is 20.2 Å². The van der Waals surface area contributed by atoms with Crippen molar-refractivity contribution in [2.45, 2.75) is 44.6 Å². The molecule has 1 heteroatoms. The fraction of sp³-hybridized carbons (Fsp3) is 1.00. The van der Waals surface area contributed by atoms with Crippen LogP contribution in [0.2, 0.25) is 0 Å². The van der Waals surface area contributed by atoms with Gasteiger partial charge in [-0.3, -0.25) is 0 Å². The van der Waals surface area contributed by atoms with Gasteiger partial charge >= 0.3 is 0 Å². The Morgan fingerprint density at radius 1 is 1.50 bits per heavy atom. The Labute approximate surface area is 50.7 Å². The molecule has 0 atom stereocenters. The summed E-state index contributed by atoms with van der Waals surface area (Å²) in [5.41, 5.74) is -0.198. The fourth-order valence-electron chi connectivity index (χ4n) is 0.900. The first kappa shape index (κ1) is 6.09. The smallest absolute Gasteiger partial charge is 0.0650 e. The summed E-state index contributed by atoms with van der Waals surface area (Å²) in [6, 6.07) is 0. The van der Waals surface area contributed by atoms with Gasteiger partial charge in [-0.05, 0) is 19.3 Å². The Morgan fingerprint density at radius 3 is 2.50 bits per heavy atom. The predicted octanol–water partition coefficient (Wildman–Crippen LogP) is 1.70. The van der Waals surface area contributed by atoms with Crippen LogP contribution in [0.3, 0.4) is 0 Å². The summed E-state index contributed by atoms with van der Waals surface area (Å²) < 4.78 is 0. The molecule has 0 aromatic rings. The van der Waals surface area contributed by atoms with Crippen LogP contribution in [0.5, 0.6) is 0 Å². The van der Waals surface area contributed by atoms with Crippen molar-refractivity contribution < 1.29 is 5.11 Å². The highest BCUT2D eigenvalue weighted by atomic mass is 16.3. The molecule has 48 valence electrons. The van der Waals surface area contributed by atoms with Gasteiger partial charge in [0.1, 0.15) is 0 Å². The first-order valence-electron chi connectivity index (χ1n) is 3.49. The highest BCUT2D eigenvalue weighted by Gasteiger charge is 2.38. The third-order valence-electron chi connectivity index (χ3n) is 1.82. The Balaban J connectivity index is 2.01. The van der Waals surface area contributed by atoms with E-state index in [2.05, 4.69) is 6.92 Å². The molecule has 0 aromatic carbocycles. The average Bonchev–Trinajstić information content (AvgIpc) is 2.45. The van der Waals surface area contributed by atoms with E-state index >= 15 is 0 Å². The third kappa shape index (κ3) is 1.48. The maximum absolute atomic E-state index is 9.26. The van der Waals surface area contributed by atoms with Crippen molar-refractivity contribution in [1.29, 1.82) is 0 Å². The summed E-state index contributed by atoms with van der Waals surface area (Å²) in [6.45, 7) is 2.16. The molecule has 1 rings (SSSR count). The molecule has 0 amide bonds. The molecule has 0 aliphatic heterocycles. The van der Waals surface area contributed by atoms with Crippen molar-refractivity contribution in [1.82, 2.24) is 0 Å². The van der Waals surface area contributed by atoms with Crippen molar-refractivity contribution in [3.05, 3.63) is 0 Å². The van der Waals surface area contributed by atoms with E-state index in [0.717, 1.165) is 19.3 Å². The lowest BCUT2D eigenvalue weighted by Gasteiger charge is -2.03. The van der Waals surface area contributed by atoms with E-state index in [-0.39, 0.29) is 5.60 Å². The molecule has 1 aliphatic rings. The van der Waals surface area contributed by atoms with E-state index in [4.69, 9.17) is 0 Å². The van der Waals surface area contributed by atoms with Gasteiger partial charge in [-0.25, -0.2) is 0 Å². The van der Waals surface area contributed by atoms with Crippen LogP contribution in [0.15, 0.2) is 0 Å². The van der Waals surface area contributed by atoms with Crippen molar-refractivity contribution in [2.75, 3.05) is 0 Å². The molecular weight excluding hydrogens is 100 g/mol.